The van der Waals surface area contributed by atoms with Gasteiger partial charge in [-0.15, -0.1) is 11.3 Å². The SMILES string of the molecule is CC(CC(O)c1cccs1)NCc1cccc(-c2cccnc2)c1. The number of aliphatic hydroxyl groups is 1. The van der Waals surface area contributed by atoms with Crippen molar-refractivity contribution in [2.45, 2.75) is 32.0 Å². The molecular weight excluding hydrogens is 316 g/mol. The highest BCUT2D eigenvalue weighted by atomic mass is 32.1. The molecule has 3 nitrogen and oxygen atoms in total. The molecule has 0 bridgehead atoms. The van der Waals surface area contributed by atoms with Crippen LogP contribution in [0, 0.1) is 0 Å². The summed E-state index contributed by atoms with van der Waals surface area (Å²) in [7, 11) is 0. The second-order valence-electron chi connectivity index (χ2n) is 5.99. The van der Waals surface area contributed by atoms with Crippen molar-refractivity contribution in [3.05, 3.63) is 76.7 Å². The van der Waals surface area contributed by atoms with Gasteiger partial charge in [0.1, 0.15) is 0 Å². The van der Waals surface area contributed by atoms with Gasteiger partial charge in [-0.1, -0.05) is 30.3 Å². The smallest absolute Gasteiger partial charge is 0.0896 e. The summed E-state index contributed by atoms with van der Waals surface area (Å²) in [6.45, 7) is 2.90. The summed E-state index contributed by atoms with van der Waals surface area (Å²) in [5, 5.41) is 15.7. The molecule has 0 radical (unpaired) electrons. The topological polar surface area (TPSA) is 45.1 Å². The van der Waals surface area contributed by atoms with Crippen LogP contribution in [0.1, 0.15) is 29.9 Å². The first-order valence-electron chi connectivity index (χ1n) is 8.16. The first-order valence-corrected chi connectivity index (χ1v) is 9.04. The first-order chi connectivity index (χ1) is 11.7. The third-order valence-electron chi connectivity index (χ3n) is 4.02. The van der Waals surface area contributed by atoms with E-state index >= 15 is 0 Å². The monoisotopic (exact) mass is 338 g/mol. The number of hydrogen-bond donors (Lipinski definition) is 2. The first kappa shape index (κ1) is 16.8. The highest BCUT2D eigenvalue weighted by Crippen LogP contribution is 2.23. The van der Waals surface area contributed by atoms with Gasteiger partial charge in [0.25, 0.3) is 0 Å². The van der Waals surface area contributed by atoms with Crippen molar-refractivity contribution in [2.24, 2.45) is 0 Å². The van der Waals surface area contributed by atoms with Crippen LogP contribution >= 0.6 is 11.3 Å². The van der Waals surface area contributed by atoms with Crippen LogP contribution in [0.25, 0.3) is 11.1 Å². The number of aromatic nitrogens is 1. The summed E-state index contributed by atoms with van der Waals surface area (Å²) in [4.78, 5) is 5.21. The van der Waals surface area contributed by atoms with Crippen molar-refractivity contribution in [2.75, 3.05) is 0 Å². The van der Waals surface area contributed by atoms with Crippen molar-refractivity contribution in [3.8, 4) is 11.1 Å². The Balaban J connectivity index is 1.56. The molecule has 2 aromatic heterocycles. The van der Waals surface area contributed by atoms with Gasteiger partial charge in [0, 0.05) is 29.9 Å². The fourth-order valence-corrected chi connectivity index (χ4v) is 3.43. The Kier molecular flexibility index (Phi) is 5.75. The number of hydrogen-bond acceptors (Lipinski definition) is 4. The Morgan fingerprint density at radius 1 is 1.12 bits per heavy atom. The summed E-state index contributed by atoms with van der Waals surface area (Å²) in [6, 6.07) is 16.7. The second-order valence-corrected chi connectivity index (χ2v) is 6.97. The standard InChI is InChI=1S/C20H22N2OS/c1-15(11-19(23)20-8-4-10-24-20)22-13-16-5-2-6-17(12-16)18-7-3-9-21-14-18/h2-10,12,14-15,19,22-23H,11,13H2,1H3. The van der Waals surface area contributed by atoms with Crippen LogP contribution < -0.4 is 5.32 Å². The van der Waals surface area contributed by atoms with Crippen LogP contribution in [0.4, 0.5) is 0 Å². The fraction of sp³-hybridized carbons (Fsp3) is 0.250. The van der Waals surface area contributed by atoms with Crippen LogP contribution in [-0.2, 0) is 6.54 Å². The van der Waals surface area contributed by atoms with Crippen LogP contribution in [0.3, 0.4) is 0 Å². The third-order valence-corrected chi connectivity index (χ3v) is 5.00. The molecule has 0 aliphatic carbocycles. The molecule has 0 aliphatic rings. The maximum absolute atomic E-state index is 10.2. The molecule has 0 amide bonds. The van der Waals surface area contributed by atoms with E-state index in [2.05, 4.69) is 47.6 Å². The van der Waals surface area contributed by atoms with E-state index < -0.39 is 6.10 Å². The number of aliphatic hydroxyl groups excluding tert-OH is 1. The zero-order valence-corrected chi connectivity index (χ0v) is 14.5. The zero-order valence-electron chi connectivity index (χ0n) is 13.7. The van der Waals surface area contributed by atoms with Crippen LogP contribution in [-0.4, -0.2) is 16.1 Å². The molecule has 2 unspecified atom stereocenters. The molecule has 124 valence electrons. The van der Waals surface area contributed by atoms with Gasteiger partial charge in [0.15, 0.2) is 0 Å². The average Bonchev–Trinajstić information content (AvgIpc) is 3.16. The predicted octanol–water partition coefficient (Wildman–Crippen LogP) is 4.41. The Morgan fingerprint density at radius 2 is 2.00 bits per heavy atom. The molecule has 1 aromatic carbocycles. The number of rotatable bonds is 7. The van der Waals surface area contributed by atoms with Crippen molar-refractivity contribution in [1.82, 2.24) is 10.3 Å². The van der Waals surface area contributed by atoms with E-state index in [0.717, 1.165) is 17.0 Å². The zero-order chi connectivity index (χ0) is 16.8. The third kappa shape index (κ3) is 4.51. The van der Waals surface area contributed by atoms with Crippen LogP contribution in [0.5, 0.6) is 0 Å². The van der Waals surface area contributed by atoms with Gasteiger partial charge in [0.2, 0.25) is 0 Å². The normalized spacial score (nSPS) is 13.6. The average molecular weight is 338 g/mol. The largest absolute Gasteiger partial charge is 0.388 e. The summed E-state index contributed by atoms with van der Waals surface area (Å²) in [6.07, 6.45) is 3.99. The van der Waals surface area contributed by atoms with Gasteiger partial charge < -0.3 is 10.4 Å². The lowest BCUT2D eigenvalue weighted by Crippen LogP contribution is -2.27. The summed E-state index contributed by atoms with van der Waals surface area (Å²) in [5.74, 6) is 0. The van der Waals surface area contributed by atoms with Gasteiger partial charge in [0.05, 0.1) is 6.10 Å². The number of nitrogens with zero attached hydrogens (tertiary/aromatic N) is 1. The van der Waals surface area contributed by atoms with Gasteiger partial charge in [-0.2, -0.15) is 0 Å². The number of thiophene rings is 1. The minimum absolute atomic E-state index is 0.240. The van der Waals surface area contributed by atoms with Gasteiger partial charge in [-0.3, -0.25) is 4.98 Å². The van der Waals surface area contributed by atoms with E-state index in [1.54, 1.807) is 17.5 Å². The molecule has 3 rings (SSSR count). The Hall–Kier alpha value is -2.01. The van der Waals surface area contributed by atoms with Gasteiger partial charge >= 0.3 is 0 Å². The maximum atomic E-state index is 10.2. The summed E-state index contributed by atoms with van der Waals surface area (Å²) < 4.78 is 0. The molecule has 3 aromatic rings. The van der Waals surface area contributed by atoms with Crippen molar-refractivity contribution in [3.63, 3.8) is 0 Å². The molecule has 0 spiro atoms. The van der Waals surface area contributed by atoms with E-state index in [1.165, 1.54) is 11.1 Å². The maximum Gasteiger partial charge on any atom is 0.0896 e. The Morgan fingerprint density at radius 3 is 2.75 bits per heavy atom. The lowest BCUT2D eigenvalue weighted by molar-refractivity contribution is 0.157. The van der Waals surface area contributed by atoms with E-state index in [4.69, 9.17) is 0 Å². The van der Waals surface area contributed by atoms with E-state index in [-0.39, 0.29) is 6.04 Å². The van der Waals surface area contributed by atoms with Crippen LogP contribution in [0.15, 0.2) is 66.3 Å². The van der Waals surface area contributed by atoms with E-state index in [1.807, 2.05) is 29.8 Å². The minimum atomic E-state index is -0.394. The Labute approximate surface area is 147 Å². The number of nitrogens with one attached hydrogen (secondary N) is 1. The van der Waals surface area contributed by atoms with Crippen molar-refractivity contribution < 1.29 is 5.11 Å². The highest BCUT2D eigenvalue weighted by Gasteiger charge is 2.13. The van der Waals surface area contributed by atoms with Gasteiger partial charge in [-0.25, -0.2) is 0 Å². The molecule has 0 fully saturated rings. The fourth-order valence-electron chi connectivity index (χ4n) is 2.70. The molecule has 0 aliphatic heterocycles. The van der Waals surface area contributed by atoms with Crippen LogP contribution in [0.2, 0.25) is 0 Å². The molecular formula is C20H22N2OS. The van der Waals surface area contributed by atoms with Crippen molar-refractivity contribution >= 4 is 11.3 Å². The highest BCUT2D eigenvalue weighted by molar-refractivity contribution is 7.10. The lowest BCUT2D eigenvalue weighted by atomic mass is 10.0. The summed E-state index contributed by atoms with van der Waals surface area (Å²) >= 11 is 1.60. The number of pyridine rings is 1. The van der Waals surface area contributed by atoms with E-state index in [9.17, 15) is 5.11 Å². The number of benzene rings is 1. The lowest BCUT2D eigenvalue weighted by Gasteiger charge is -2.17. The molecule has 4 heteroatoms. The second kappa shape index (κ2) is 8.20. The molecule has 0 saturated carbocycles. The molecule has 0 saturated heterocycles. The van der Waals surface area contributed by atoms with Crippen molar-refractivity contribution in [1.29, 1.82) is 0 Å². The summed E-state index contributed by atoms with van der Waals surface area (Å²) in [5.41, 5.74) is 3.53. The molecule has 2 N–H and O–H groups in total. The molecule has 2 heterocycles. The Bertz CT molecular complexity index is 743. The van der Waals surface area contributed by atoms with Gasteiger partial charge in [-0.05, 0) is 53.6 Å². The molecule has 24 heavy (non-hydrogen) atoms. The molecule has 2 atom stereocenters. The quantitative estimate of drug-likeness (QED) is 0.670. The predicted molar refractivity (Wildman–Crippen MR) is 99.9 cm³/mol. The minimum Gasteiger partial charge on any atom is -0.388 e. The van der Waals surface area contributed by atoms with E-state index in [0.29, 0.717) is 6.42 Å².